The summed E-state index contributed by atoms with van der Waals surface area (Å²) in [5, 5.41) is 8.63. The Hall–Kier alpha value is -3.14. The molecule has 1 aliphatic carbocycles. The van der Waals surface area contributed by atoms with Crippen molar-refractivity contribution in [3.63, 3.8) is 0 Å². The first-order valence-electron chi connectivity index (χ1n) is 11.6. The number of carbonyl (C=O) groups excluding carboxylic acids is 4. The number of primary amides is 1. The van der Waals surface area contributed by atoms with Crippen LogP contribution in [-0.2, 0) is 14.4 Å². The normalized spacial score (nSPS) is 20.8. The van der Waals surface area contributed by atoms with Gasteiger partial charge in [0.2, 0.25) is 17.7 Å². The van der Waals surface area contributed by atoms with Crippen LogP contribution in [0.5, 0.6) is 0 Å². The van der Waals surface area contributed by atoms with Crippen LogP contribution < -0.4 is 21.7 Å². The molecule has 3 atom stereocenters. The molecule has 2 aromatic rings. The monoisotopic (exact) mass is 505 g/mol. The summed E-state index contributed by atoms with van der Waals surface area (Å²) in [6.45, 7) is 3.77. The van der Waals surface area contributed by atoms with Gasteiger partial charge in [-0.2, -0.15) is 0 Å². The second kappa shape index (κ2) is 9.49. The van der Waals surface area contributed by atoms with E-state index in [1.165, 1.54) is 18.2 Å². The maximum Gasteiger partial charge on any atom is 0.268 e. The first-order valence-corrected chi connectivity index (χ1v) is 12.0. The SMILES string of the molecule is CC1(C)C[C@@H](C[C@H](NC(=O)[C@H](CC2CC2)NC(=O)c2cc3ccc(F)c(Cl)c3[nH]2)C(N)=O)C(=O)N1. The lowest BCUT2D eigenvalue weighted by atomic mass is 9.91. The number of nitrogens with two attached hydrogens (primary N) is 1. The Morgan fingerprint density at radius 1 is 1.20 bits per heavy atom. The standard InChI is InChI=1S/C24H29ClFN5O4/c1-24(2)10-13(21(33)31-24)9-15(20(27)32)29-22(34)16(7-11-3-4-11)30-23(35)17-8-12-5-6-14(26)18(25)19(12)28-17/h5-6,8,11,13,15-16,28H,3-4,7,9-10H2,1-2H3,(H2,27,32)(H,29,34)(H,30,35)(H,31,33)/t13-,15+,16+/m1/s1. The second-order valence-electron chi connectivity index (χ2n) is 10.2. The van der Waals surface area contributed by atoms with E-state index in [2.05, 4.69) is 20.9 Å². The lowest BCUT2D eigenvalue weighted by Crippen LogP contribution is -2.53. The summed E-state index contributed by atoms with van der Waals surface area (Å²) in [7, 11) is 0. The summed E-state index contributed by atoms with van der Waals surface area (Å²) >= 11 is 5.99. The Kier molecular flexibility index (Phi) is 6.77. The fourth-order valence-corrected chi connectivity index (χ4v) is 4.82. The number of benzene rings is 1. The number of hydrogen-bond donors (Lipinski definition) is 5. The molecule has 0 radical (unpaired) electrons. The van der Waals surface area contributed by atoms with Crippen molar-refractivity contribution in [2.75, 3.05) is 0 Å². The Morgan fingerprint density at radius 3 is 2.51 bits per heavy atom. The van der Waals surface area contributed by atoms with Crippen molar-refractivity contribution in [1.29, 1.82) is 0 Å². The van der Waals surface area contributed by atoms with Gasteiger partial charge in [0.05, 0.1) is 5.52 Å². The van der Waals surface area contributed by atoms with E-state index in [1.807, 2.05) is 13.8 Å². The highest BCUT2D eigenvalue weighted by Crippen LogP contribution is 2.34. The highest BCUT2D eigenvalue weighted by Gasteiger charge is 2.40. The van der Waals surface area contributed by atoms with Gasteiger partial charge in [-0.3, -0.25) is 19.2 Å². The summed E-state index contributed by atoms with van der Waals surface area (Å²) in [6.07, 6.45) is 2.87. The fraction of sp³-hybridized carbons (Fsp3) is 0.500. The molecule has 1 aliphatic heterocycles. The molecule has 2 heterocycles. The molecule has 1 aromatic carbocycles. The van der Waals surface area contributed by atoms with Crippen molar-refractivity contribution in [3.8, 4) is 0 Å². The van der Waals surface area contributed by atoms with Crippen LogP contribution in [0.15, 0.2) is 18.2 Å². The van der Waals surface area contributed by atoms with Crippen molar-refractivity contribution >= 4 is 46.1 Å². The van der Waals surface area contributed by atoms with E-state index in [-0.39, 0.29) is 34.5 Å². The van der Waals surface area contributed by atoms with Crippen LogP contribution in [0.3, 0.4) is 0 Å². The van der Waals surface area contributed by atoms with Crippen molar-refractivity contribution in [3.05, 3.63) is 34.7 Å². The predicted octanol–water partition coefficient (Wildman–Crippen LogP) is 2.13. The average molecular weight is 506 g/mol. The Labute approximate surface area is 206 Å². The highest BCUT2D eigenvalue weighted by molar-refractivity contribution is 6.35. The lowest BCUT2D eigenvalue weighted by Gasteiger charge is -2.23. The molecular weight excluding hydrogens is 477 g/mol. The summed E-state index contributed by atoms with van der Waals surface area (Å²) in [6, 6.07) is 2.26. The molecule has 0 bridgehead atoms. The number of halogens is 2. The van der Waals surface area contributed by atoms with E-state index in [4.69, 9.17) is 17.3 Å². The van der Waals surface area contributed by atoms with Crippen molar-refractivity contribution in [2.24, 2.45) is 17.6 Å². The molecule has 35 heavy (non-hydrogen) atoms. The Balaban J connectivity index is 1.46. The van der Waals surface area contributed by atoms with Crippen LogP contribution in [0.25, 0.3) is 10.9 Å². The molecule has 1 saturated heterocycles. The van der Waals surface area contributed by atoms with Crippen molar-refractivity contribution in [2.45, 2.75) is 63.6 Å². The third-order valence-corrected chi connectivity index (χ3v) is 6.96. The minimum absolute atomic E-state index is 0.0759. The average Bonchev–Trinajstić information content (AvgIpc) is 3.41. The van der Waals surface area contributed by atoms with Gasteiger partial charge in [0, 0.05) is 16.8 Å². The summed E-state index contributed by atoms with van der Waals surface area (Å²) in [4.78, 5) is 53.2. The molecular formula is C24H29ClFN5O4. The highest BCUT2D eigenvalue weighted by atomic mass is 35.5. The predicted molar refractivity (Wildman–Crippen MR) is 128 cm³/mol. The molecule has 6 N–H and O–H groups in total. The number of H-pyrrole nitrogens is 1. The van der Waals surface area contributed by atoms with Crippen LogP contribution in [0.4, 0.5) is 4.39 Å². The van der Waals surface area contributed by atoms with Crippen molar-refractivity contribution < 1.29 is 23.6 Å². The second-order valence-corrected chi connectivity index (χ2v) is 10.6. The van der Waals surface area contributed by atoms with Crippen LogP contribution >= 0.6 is 11.6 Å². The number of hydrogen-bond acceptors (Lipinski definition) is 4. The smallest absolute Gasteiger partial charge is 0.268 e. The van der Waals surface area contributed by atoms with Crippen LogP contribution in [-0.4, -0.2) is 46.2 Å². The van der Waals surface area contributed by atoms with Gasteiger partial charge in [0.1, 0.15) is 28.6 Å². The summed E-state index contributed by atoms with van der Waals surface area (Å²) < 4.78 is 13.8. The van der Waals surface area contributed by atoms with Crippen LogP contribution in [0.1, 0.15) is 56.4 Å². The molecule has 1 saturated carbocycles. The maximum atomic E-state index is 13.8. The molecule has 1 aromatic heterocycles. The van der Waals surface area contributed by atoms with Crippen molar-refractivity contribution in [1.82, 2.24) is 20.9 Å². The van der Waals surface area contributed by atoms with Gasteiger partial charge >= 0.3 is 0 Å². The van der Waals surface area contributed by atoms with Gasteiger partial charge in [-0.1, -0.05) is 24.4 Å². The molecule has 0 spiro atoms. The van der Waals surface area contributed by atoms with Crippen LogP contribution in [0, 0.1) is 17.7 Å². The minimum Gasteiger partial charge on any atom is -0.368 e. The molecule has 11 heteroatoms. The van der Waals surface area contributed by atoms with Gasteiger partial charge in [-0.05, 0) is 57.2 Å². The number of carbonyl (C=O) groups is 4. The number of amides is 4. The number of rotatable bonds is 9. The van der Waals surface area contributed by atoms with Gasteiger partial charge < -0.3 is 26.7 Å². The molecule has 4 amide bonds. The number of aromatic nitrogens is 1. The third kappa shape index (κ3) is 5.75. The summed E-state index contributed by atoms with van der Waals surface area (Å²) in [5.41, 5.74) is 5.54. The first-order chi connectivity index (χ1) is 16.4. The first kappa shape index (κ1) is 25.0. The van der Waals surface area contributed by atoms with Gasteiger partial charge in [-0.15, -0.1) is 0 Å². The molecule has 0 unspecified atom stereocenters. The lowest BCUT2D eigenvalue weighted by molar-refractivity contribution is -0.130. The summed E-state index contributed by atoms with van der Waals surface area (Å²) in [5.74, 6) is -2.85. The Bertz CT molecular complexity index is 1190. The van der Waals surface area contributed by atoms with Gasteiger partial charge in [0.25, 0.3) is 5.91 Å². The van der Waals surface area contributed by atoms with E-state index < -0.39 is 47.1 Å². The number of nitrogens with one attached hydrogen (secondary N) is 4. The zero-order valence-corrected chi connectivity index (χ0v) is 20.3. The fourth-order valence-electron chi connectivity index (χ4n) is 4.60. The van der Waals surface area contributed by atoms with E-state index >= 15 is 0 Å². The van der Waals surface area contributed by atoms with E-state index in [0.717, 1.165) is 12.8 Å². The molecule has 9 nitrogen and oxygen atoms in total. The Morgan fingerprint density at radius 2 is 1.91 bits per heavy atom. The molecule has 2 aliphatic rings. The van der Waals surface area contributed by atoms with Gasteiger partial charge in [0.15, 0.2) is 0 Å². The van der Waals surface area contributed by atoms with Crippen LogP contribution in [0.2, 0.25) is 5.02 Å². The zero-order chi connectivity index (χ0) is 25.5. The quantitative estimate of drug-likeness (QED) is 0.355. The molecule has 2 fully saturated rings. The number of fused-ring (bicyclic) bond motifs is 1. The molecule has 4 rings (SSSR count). The van der Waals surface area contributed by atoms with E-state index in [9.17, 15) is 23.6 Å². The van der Waals surface area contributed by atoms with E-state index in [0.29, 0.717) is 18.2 Å². The third-order valence-electron chi connectivity index (χ3n) is 6.59. The van der Waals surface area contributed by atoms with Gasteiger partial charge in [-0.25, -0.2) is 4.39 Å². The topological polar surface area (TPSA) is 146 Å². The minimum atomic E-state index is -1.05. The zero-order valence-electron chi connectivity index (χ0n) is 19.5. The largest absolute Gasteiger partial charge is 0.368 e. The molecule has 188 valence electrons. The number of aromatic amines is 1. The maximum absolute atomic E-state index is 13.8. The van der Waals surface area contributed by atoms with E-state index in [1.54, 1.807) is 0 Å².